The highest BCUT2D eigenvalue weighted by Crippen LogP contribution is 2.14. The van der Waals surface area contributed by atoms with Gasteiger partial charge in [0, 0.05) is 31.6 Å². The molecule has 0 saturated carbocycles. The minimum atomic E-state index is 0.633. The number of aliphatic imine (C=N–C) groups is 1. The van der Waals surface area contributed by atoms with Gasteiger partial charge in [0.15, 0.2) is 11.8 Å². The van der Waals surface area contributed by atoms with Crippen LogP contribution >= 0.6 is 11.6 Å². The monoisotopic (exact) mass is 346 g/mol. The van der Waals surface area contributed by atoms with Crippen LogP contribution in [0.25, 0.3) is 0 Å². The first-order valence-corrected chi connectivity index (χ1v) is 8.74. The lowest BCUT2D eigenvalue weighted by Crippen LogP contribution is -2.38. The minimum Gasteiger partial charge on any atom is -0.356 e. The molecular weight excluding hydrogens is 324 g/mol. The molecule has 2 N–H and O–H groups in total. The molecule has 128 valence electrons. The predicted molar refractivity (Wildman–Crippen MR) is 96.3 cm³/mol. The normalized spacial score (nSPS) is 14.3. The third-order valence-electron chi connectivity index (χ3n) is 4.19. The van der Waals surface area contributed by atoms with Gasteiger partial charge in [0.1, 0.15) is 5.82 Å². The van der Waals surface area contributed by atoms with Gasteiger partial charge in [0.05, 0.1) is 6.54 Å². The van der Waals surface area contributed by atoms with Gasteiger partial charge in [0.2, 0.25) is 0 Å². The average Bonchev–Trinajstić information content (AvgIpc) is 3.03. The first-order chi connectivity index (χ1) is 11.8. The Hall–Kier alpha value is -2.08. The summed E-state index contributed by atoms with van der Waals surface area (Å²) in [7, 11) is 1.77. The number of halogens is 1. The van der Waals surface area contributed by atoms with E-state index in [1.807, 2.05) is 24.3 Å². The Bertz CT molecular complexity index is 692. The lowest BCUT2D eigenvalue weighted by molar-refractivity contribution is 0.504. The van der Waals surface area contributed by atoms with E-state index in [-0.39, 0.29) is 0 Å². The Morgan fingerprint density at radius 3 is 2.83 bits per heavy atom. The SMILES string of the molecule is CN=C(NCCc1ccc(Cl)cc1)NCc1nnc2n1CCCC2. The third-order valence-corrected chi connectivity index (χ3v) is 4.45. The average molecular weight is 347 g/mol. The molecule has 0 unspecified atom stereocenters. The molecule has 0 fully saturated rings. The van der Waals surface area contributed by atoms with Crippen molar-refractivity contribution in [2.75, 3.05) is 13.6 Å². The molecule has 0 aliphatic carbocycles. The van der Waals surface area contributed by atoms with Crippen molar-refractivity contribution in [3.05, 3.63) is 46.5 Å². The van der Waals surface area contributed by atoms with Crippen LogP contribution in [0.5, 0.6) is 0 Å². The number of aromatic nitrogens is 3. The number of benzene rings is 1. The summed E-state index contributed by atoms with van der Waals surface area (Å²) in [4.78, 5) is 4.26. The van der Waals surface area contributed by atoms with E-state index in [4.69, 9.17) is 11.6 Å². The number of guanidine groups is 1. The smallest absolute Gasteiger partial charge is 0.191 e. The van der Waals surface area contributed by atoms with Gasteiger partial charge in [-0.2, -0.15) is 0 Å². The van der Waals surface area contributed by atoms with Crippen LogP contribution in [0.3, 0.4) is 0 Å². The molecule has 2 aromatic rings. The predicted octanol–water partition coefficient (Wildman–Crippen LogP) is 2.18. The van der Waals surface area contributed by atoms with Gasteiger partial charge >= 0.3 is 0 Å². The summed E-state index contributed by atoms with van der Waals surface area (Å²) >= 11 is 5.90. The number of nitrogens with zero attached hydrogens (tertiary/aromatic N) is 4. The summed E-state index contributed by atoms with van der Waals surface area (Å²) in [5, 5.41) is 16.0. The number of rotatable bonds is 5. The van der Waals surface area contributed by atoms with Gasteiger partial charge in [0.25, 0.3) is 0 Å². The number of nitrogens with one attached hydrogen (secondary N) is 2. The van der Waals surface area contributed by atoms with E-state index >= 15 is 0 Å². The summed E-state index contributed by atoms with van der Waals surface area (Å²) in [5.41, 5.74) is 1.24. The first kappa shape index (κ1) is 16.8. The van der Waals surface area contributed by atoms with Crippen molar-refractivity contribution in [3.63, 3.8) is 0 Å². The second-order valence-electron chi connectivity index (χ2n) is 5.87. The zero-order valence-electron chi connectivity index (χ0n) is 13.9. The Balaban J connectivity index is 1.47. The fraction of sp³-hybridized carbons (Fsp3) is 0.471. The van der Waals surface area contributed by atoms with E-state index in [1.54, 1.807) is 7.05 Å². The Labute approximate surface area is 147 Å². The van der Waals surface area contributed by atoms with Crippen LogP contribution in [-0.4, -0.2) is 34.3 Å². The van der Waals surface area contributed by atoms with Crippen LogP contribution in [0.4, 0.5) is 0 Å². The lowest BCUT2D eigenvalue weighted by atomic mass is 10.1. The third kappa shape index (κ3) is 4.26. The fourth-order valence-corrected chi connectivity index (χ4v) is 2.98. The molecule has 0 spiro atoms. The van der Waals surface area contributed by atoms with Crippen LogP contribution in [-0.2, 0) is 25.9 Å². The van der Waals surface area contributed by atoms with Gasteiger partial charge in [-0.1, -0.05) is 23.7 Å². The molecule has 1 aromatic carbocycles. The Morgan fingerprint density at radius 1 is 1.21 bits per heavy atom. The van der Waals surface area contributed by atoms with E-state index in [0.29, 0.717) is 6.54 Å². The largest absolute Gasteiger partial charge is 0.356 e. The molecule has 0 amide bonds. The van der Waals surface area contributed by atoms with Crippen LogP contribution in [0.2, 0.25) is 5.02 Å². The molecule has 7 heteroatoms. The van der Waals surface area contributed by atoms with Crippen molar-refractivity contribution in [1.29, 1.82) is 0 Å². The van der Waals surface area contributed by atoms with Gasteiger partial charge in [-0.3, -0.25) is 4.99 Å². The van der Waals surface area contributed by atoms with Crippen molar-refractivity contribution >= 4 is 17.6 Å². The highest BCUT2D eigenvalue weighted by molar-refractivity contribution is 6.30. The fourth-order valence-electron chi connectivity index (χ4n) is 2.86. The quantitative estimate of drug-likeness (QED) is 0.643. The van der Waals surface area contributed by atoms with Crippen LogP contribution < -0.4 is 10.6 Å². The van der Waals surface area contributed by atoms with E-state index in [2.05, 4.69) is 30.4 Å². The first-order valence-electron chi connectivity index (χ1n) is 8.36. The van der Waals surface area contributed by atoms with Crippen LogP contribution in [0.15, 0.2) is 29.3 Å². The maximum Gasteiger partial charge on any atom is 0.191 e. The molecule has 0 radical (unpaired) electrons. The molecule has 3 rings (SSSR count). The topological polar surface area (TPSA) is 67.1 Å². The minimum absolute atomic E-state index is 0.633. The van der Waals surface area contributed by atoms with Crippen LogP contribution in [0, 0.1) is 0 Å². The molecule has 0 saturated heterocycles. The number of hydrogen-bond acceptors (Lipinski definition) is 3. The van der Waals surface area contributed by atoms with Gasteiger partial charge < -0.3 is 15.2 Å². The van der Waals surface area contributed by atoms with Crippen molar-refractivity contribution < 1.29 is 0 Å². The van der Waals surface area contributed by atoms with Crippen molar-refractivity contribution in [2.45, 2.75) is 38.8 Å². The van der Waals surface area contributed by atoms with E-state index < -0.39 is 0 Å². The maximum absolute atomic E-state index is 5.90. The summed E-state index contributed by atoms with van der Waals surface area (Å²) in [6, 6.07) is 7.92. The summed E-state index contributed by atoms with van der Waals surface area (Å²) in [6.45, 7) is 2.45. The van der Waals surface area contributed by atoms with E-state index in [9.17, 15) is 0 Å². The molecular formula is C17H23ClN6. The highest BCUT2D eigenvalue weighted by atomic mass is 35.5. The molecule has 1 aliphatic heterocycles. The standard InChI is InChI=1S/C17H23ClN6/c1-19-17(20-10-9-13-5-7-14(18)8-6-13)21-12-16-23-22-15-4-2-3-11-24(15)16/h5-8H,2-4,9-12H2,1H3,(H2,19,20,21). The summed E-state index contributed by atoms with van der Waals surface area (Å²) < 4.78 is 2.22. The summed E-state index contributed by atoms with van der Waals surface area (Å²) in [5.74, 6) is 2.85. The number of aryl methyl sites for hydroxylation is 1. The van der Waals surface area contributed by atoms with E-state index in [0.717, 1.165) is 48.6 Å². The van der Waals surface area contributed by atoms with Gasteiger partial charge in [-0.15, -0.1) is 10.2 Å². The van der Waals surface area contributed by atoms with Crippen molar-refractivity contribution in [3.8, 4) is 0 Å². The maximum atomic E-state index is 5.90. The number of fused-ring (bicyclic) bond motifs is 1. The molecule has 1 aromatic heterocycles. The Morgan fingerprint density at radius 2 is 2.04 bits per heavy atom. The second-order valence-corrected chi connectivity index (χ2v) is 6.31. The number of hydrogen-bond donors (Lipinski definition) is 2. The molecule has 6 nitrogen and oxygen atoms in total. The van der Waals surface area contributed by atoms with E-state index in [1.165, 1.54) is 18.4 Å². The molecule has 0 atom stereocenters. The van der Waals surface area contributed by atoms with Crippen molar-refractivity contribution in [2.24, 2.45) is 4.99 Å². The second kappa shape index (κ2) is 8.15. The zero-order valence-corrected chi connectivity index (χ0v) is 14.7. The highest BCUT2D eigenvalue weighted by Gasteiger charge is 2.15. The molecule has 1 aliphatic rings. The molecule has 0 bridgehead atoms. The lowest BCUT2D eigenvalue weighted by Gasteiger charge is -2.16. The molecule has 24 heavy (non-hydrogen) atoms. The zero-order chi connectivity index (χ0) is 16.8. The summed E-state index contributed by atoms with van der Waals surface area (Å²) in [6.07, 6.45) is 4.35. The van der Waals surface area contributed by atoms with Crippen molar-refractivity contribution in [1.82, 2.24) is 25.4 Å². The van der Waals surface area contributed by atoms with Crippen LogP contribution in [0.1, 0.15) is 30.1 Å². The Kier molecular flexibility index (Phi) is 5.69. The molecule has 2 heterocycles. The van der Waals surface area contributed by atoms with Gasteiger partial charge in [-0.25, -0.2) is 0 Å². The van der Waals surface area contributed by atoms with Gasteiger partial charge in [-0.05, 0) is 37.0 Å².